The van der Waals surface area contributed by atoms with Gasteiger partial charge in [-0.25, -0.2) is 4.39 Å². The van der Waals surface area contributed by atoms with Gasteiger partial charge in [-0.05, 0) is 35.9 Å². The third-order valence-corrected chi connectivity index (χ3v) is 8.29. The molecule has 2 fully saturated rings. The lowest BCUT2D eigenvalue weighted by molar-refractivity contribution is -0.384. The van der Waals surface area contributed by atoms with Gasteiger partial charge in [0.25, 0.3) is 5.69 Å². The standard InChI is InChI=1S/C25H19FN4O4S/c26-15-7-8-18-17(11-15)25(24(32)28-18)22(23(31)19-6-1-2-9-27-19)21(20-12-35-13-29(20)25)14-4-3-5-16(10-14)30(33)34/h1-11,20-22H,12-13H2,(H,28,32)/t20-,21-,22+,25+/m1/s1. The molecule has 0 aliphatic carbocycles. The molecular formula is C25H19FN4O4S. The number of anilines is 1. The van der Waals surface area contributed by atoms with E-state index in [1.54, 1.807) is 42.1 Å². The van der Waals surface area contributed by atoms with Crippen molar-refractivity contribution in [1.29, 1.82) is 0 Å². The van der Waals surface area contributed by atoms with E-state index in [0.717, 1.165) is 0 Å². The average molecular weight is 491 g/mol. The highest BCUT2D eigenvalue weighted by atomic mass is 32.2. The van der Waals surface area contributed by atoms with Crippen LogP contribution in [0.1, 0.15) is 27.5 Å². The van der Waals surface area contributed by atoms with E-state index < -0.39 is 34.0 Å². The lowest BCUT2D eigenvalue weighted by atomic mass is 9.70. The Morgan fingerprint density at radius 3 is 2.83 bits per heavy atom. The number of aromatic nitrogens is 1. The number of carbonyl (C=O) groups is 2. The first-order valence-electron chi connectivity index (χ1n) is 11.1. The molecule has 1 N–H and O–H groups in total. The number of nitro benzene ring substituents is 1. The summed E-state index contributed by atoms with van der Waals surface area (Å²) in [6.45, 7) is 0. The van der Waals surface area contributed by atoms with Gasteiger partial charge in [-0.15, -0.1) is 11.8 Å². The summed E-state index contributed by atoms with van der Waals surface area (Å²) in [7, 11) is 0. The third kappa shape index (κ3) is 3.06. The number of hydrogen-bond donors (Lipinski definition) is 1. The number of pyridine rings is 1. The maximum Gasteiger partial charge on any atom is 0.269 e. The Morgan fingerprint density at radius 1 is 1.20 bits per heavy atom. The Hall–Kier alpha value is -3.63. The van der Waals surface area contributed by atoms with E-state index in [1.807, 2.05) is 4.90 Å². The van der Waals surface area contributed by atoms with Crippen LogP contribution in [0.2, 0.25) is 0 Å². The lowest BCUT2D eigenvalue weighted by Gasteiger charge is -2.36. The number of thioether (sulfide) groups is 1. The molecule has 10 heteroatoms. The highest BCUT2D eigenvalue weighted by molar-refractivity contribution is 7.99. The van der Waals surface area contributed by atoms with E-state index in [4.69, 9.17) is 0 Å². The zero-order valence-corrected chi connectivity index (χ0v) is 19.1. The van der Waals surface area contributed by atoms with E-state index in [9.17, 15) is 24.1 Å². The highest BCUT2D eigenvalue weighted by Gasteiger charge is 2.69. The molecule has 0 radical (unpaired) electrons. The summed E-state index contributed by atoms with van der Waals surface area (Å²) in [4.78, 5) is 45.3. The number of nitrogens with zero attached hydrogens (tertiary/aromatic N) is 3. The van der Waals surface area contributed by atoms with Crippen LogP contribution in [0, 0.1) is 21.8 Å². The highest BCUT2D eigenvalue weighted by Crippen LogP contribution is 2.61. The maximum atomic E-state index is 14.5. The first-order chi connectivity index (χ1) is 16.9. The molecule has 8 nitrogen and oxygen atoms in total. The second kappa shape index (κ2) is 7.96. The molecule has 4 heterocycles. The molecule has 0 saturated carbocycles. The molecule has 0 unspecified atom stereocenters. The fraction of sp³-hybridized carbons (Fsp3) is 0.240. The van der Waals surface area contributed by atoms with Gasteiger partial charge >= 0.3 is 0 Å². The molecule has 3 aliphatic heterocycles. The molecule has 6 rings (SSSR count). The van der Waals surface area contributed by atoms with Crippen molar-refractivity contribution in [1.82, 2.24) is 9.88 Å². The van der Waals surface area contributed by atoms with Crippen LogP contribution in [-0.4, -0.2) is 44.2 Å². The quantitative estimate of drug-likeness (QED) is 0.335. The Kier molecular flexibility index (Phi) is 4.97. The summed E-state index contributed by atoms with van der Waals surface area (Å²) in [6, 6.07) is 15.1. The molecule has 2 aromatic carbocycles. The zero-order chi connectivity index (χ0) is 24.3. The number of benzene rings is 2. The van der Waals surface area contributed by atoms with Crippen LogP contribution in [0.3, 0.4) is 0 Å². The summed E-state index contributed by atoms with van der Waals surface area (Å²) < 4.78 is 14.5. The first-order valence-corrected chi connectivity index (χ1v) is 12.2. The number of hydrogen-bond acceptors (Lipinski definition) is 7. The van der Waals surface area contributed by atoms with Crippen LogP contribution in [0.15, 0.2) is 66.9 Å². The molecule has 1 spiro atoms. The second-order valence-electron chi connectivity index (χ2n) is 8.88. The zero-order valence-electron chi connectivity index (χ0n) is 18.3. The van der Waals surface area contributed by atoms with E-state index in [2.05, 4.69) is 10.3 Å². The molecule has 2 saturated heterocycles. The summed E-state index contributed by atoms with van der Waals surface area (Å²) in [6.07, 6.45) is 1.51. The van der Waals surface area contributed by atoms with Gasteiger partial charge in [0.1, 0.15) is 17.1 Å². The van der Waals surface area contributed by atoms with Gasteiger partial charge in [-0.3, -0.25) is 29.6 Å². The molecule has 35 heavy (non-hydrogen) atoms. The molecule has 3 aliphatic rings. The van der Waals surface area contributed by atoms with Crippen LogP contribution in [0.25, 0.3) is 0 Å². The summed E-state index contributed by atoms with van der Waals surface area (Å²) in [5, 5.41) is 14.4. The number of carbonyl (C=O) groups excluding carboxylic acids is 2. The first kappa shape index (κ1) is 21.9. The lowest BCUT2D eigenvalue weighted by Crippen LogP contribution is -2.52. The number of fused-ring (bicyclic) bond motifs is 4. The fourth-order valence-electron chi connectivity index (χ4n) is 5.93. The number of rotatable bonds is 4. The number of nitrogens with one attached hydrogen (secondary N) is 1. The van der Waals surface area contributed by atoms with Crippen LogP contribution < -0.4 is 5.32 Å². The van der Waals surface area contributed by atoms with Gasteiger partial charge in [-0.1, -0.05) is 18.2 Å². The predicted octanol–water partition coefficient (Wildman–Crippen LogP) is 3.95. The Morgan fingerprint density at radius 2 is 2.06 bits per heavy atom. The molecule has 0 bridgehead atoms. The summed E-state index contributed by atoms with van der Waals surface area (Å²) in [5.41, 5.74) is 0.115. The van der Waals surface area contributed by atoms with Gasteiger partial charge in [0.15, 0.2) is 5.78 Å². The van der Waals surface area contributed by atoms with Crippen LogP contribution >= 0.6 is 11.8 Å². The van der Waals surface area contributed by atoms with Crippen molar-refractivity contribution in [2.24, 2.45) is 5.92 Å². The van der Waals surface area contributed by atoms with E-state index >= 15 is 0 Å². The van der Waals surface area contributed by atoms with E-state index in [-0.39, 0.29) is 23.2 Å². The number of nitro groups is 1. The monoisotopic (exact) mass is 490 g/mol. The van der Waals surface area contributed by atoms with Crippen LogP contribution in [0.5, 0.6) is 0 Å². The van der Waals surface area contributed by atoms with Crippen molar-refractivity contribution in [3.8, 4) is 0 Å². The summed E-state index contributed by atoms with van der Waals surface area (Å²) in [5.74, 6) is -1.68. The van der Waals surface area contributed by atoms with Gasteiger partial charge in [0, 0.05) is 53.2 Å². The van der Waals surface area contributed by atoms with Gasteiger partial charge in [0.2, 0.25) is 5.91 Å². The Bertz CT molecular complexity index is 1390. The largest absolute Gasteiger partial charge is 0.324 e. The van der Waals surface area contributed by atoms with Gasteiger partial charge in [-0.2, -0.15) is 0 Å². The maximum absolute atomic E-state index is 14.5. The minimum Gasteiger partial charge on any atom is -0.324 e. The van der Waals surface area contributed by atoms with Crippen molar-refractivity contribution in [3.63, 3.8) is 0 Å². The molecular weight excluding hydrogens is 471 g/mol. The number of amides is 1. The molecule has 176 valence electrons. The Labute approximate surface area is 203 Å². The predicted molar refractivity (Wildman–Crippen MR) is 128 cm³/mol. The normalized spacial score (nSPS) is 27.0. The van der Waals surface area contributed by atoms with Crippen molar-refractivity contribution in [3.05, 3.63) is 99.6 Å². The van der Waals surface area contributed by atoms with Crippen LogP contribution in [-0.2, 0) is 10.3 Å². The van der Waals surface area contributed by atoms with Crippen molar-refractivity contribution >= 4 is 34.8 Å². The van der Waals surface area contributed by atoms with Crippen molar-refractivity contribution < 1.29 is 18.9 Å². The van der Waals surface area contributed by atoms with Gasteiger partial charge < -0.3 is 5.32 Å². The van der Waals surface area contributed by atoms with Crippen LogP contribution in [0.4, 0.5) is 15.8 Å². The topological polar surface area (TPSA) is 105 Å². The molecule has 4 atom stereocenters. The third-order valence-electron chi connectivity index (χ3n) is 7.25. The molecule has 1 aromatic heterocycles. The van der Waals surface area contributed by atoms with Gasteiger partial charge in [0.05, 0.1) is 10.8 Å². The van der Waals surface area contributed by atoms with E-state index in [0.29, 0.717) is 28.4 Å². The van der Waals surface area contributed by atoms with Crippen molar-refractivity contribution in [2.75, 3.05) is 16.9 Å². The Balaban J connectivity index is 1.63. The summed E-state index contributed by atoms with van der Waals surface area (Å²) >= 11 is 1.62. The van der Waals surface area contributed by atoms with E-state index in [1.165, 1.54) is 36.5 Å². The number of non-ortho nitro benzene ring substituents is 1. The number of halogens is 1. The minimum absolute atomic E-state index is 0.0907. The SMILES string of the molecule is O=C(c1ccccn1)[C@@H]1[C@H](c2cccc([N+](=O)[O-])c2)[C@H]2CSCN2[C@]12C(=O)Nc1ccc(F)cc12. The molecule has 1 amide bonds. The number of ketones is 1. The smallest absolute Gasteiger partial charge is 0.269 e. The number of Topliss-reactive ketones (excluding diaryl/α,β-unsaturated/α-hetero) is 1. The second-order valence-corrected chi connectivity index (χ2v) is 9.88. The minimum atomic E-state index is -1.46. The molecule has 3 aromatic rings. The van der Waals surface area contributed by atoms with Crippen molar-refractivity contribution in [2.45, 2.75) is 17.5 Å². The average Bonchev–Trinajstić information content (AvgIpc) is 3.52. The fourth-order valence-corrected chi connectivity index (χ4v) is 7.26.